The molecule has 1 aliphatic heterocycles. The van der Waals surface area contributed by atoms with Crippen LogP contribution in [-0.2, 0) is 14.3 Å². The first-order valence-electron chi connectivity index (χ1n) is 3.63. The Morgan fingerprint density at radius 1 is 1.73 bits per heavy atom. The summed E-state index contributed by atoms with van der Waals surface area (Å²) in [6.07, 6.45) is 1.63. The molecule has 4 heteroatoms. The van der Waals surface area contributed by atoms with Gasteiger partial charge < -0.3 is 9.47 Å². The SMILES string of the molecule is CC(=O)O[C@@H]1OCCC[C@H]1Br. The Balaban J connectivity index is 2.35. The fourth-order valence-electron chi connectivity index (χ4n) is 0.990. The van der Waals surface area contributed by atoms with Crippen LogP contribution >= 0.6 is 15.9 Å². The number of ether oxygens (including phenoxy) is 2. The van der Waals surface area contributed by atoms with Crippen molar-refractivity contribution in [2.45, 2.75) is 30.9 Å². The van der Waals surface area contributed by atoms with E-state index in [2.05, 4.69) is 15.9 Å². The molecule has 0 unspecified atom stereocenters. The van der Waals surface area contributed by atoms with Gasteiger partial charge in [-0.25, -0.2) is 0 Å². The van der Waals surface area contributed by atoms with E-state index in [1.807, 2.05) is 0 Å². The number of halogens is 1. The normalized spacial score (nSPS) is 31.5. The highest BCUT2D eigenvalue weighted by Gasteiger charge is 2.25. The third kappa shape index (κ3) is 2.79. The van der Waals surface area contributed by atoms with Gasteiger partial charge in [0.2, 0.25) is 6.29 Å². The van der Waals surface area contributed by atoms with Gasteiger partial charge in [0.15, 0.2) is 0 Å². The van der Waals surface area contributed by atoms with Gasteiger partial charge >= 0.3 is 5.97 Å². The van der Waals surface area contributed by atoms with E-state index in [0.29, 0.717) is 6.61 Å². The molecule has 0 amide bonds. The van der Waals surface area contributed by atoms with Crippen LogP contribution in [0.1, 0.15) is 19.8 Å². The first-order chi connectivity index (χ1) is 5.20. The van der Waals surface area contributed by atoms with Crippen molar-refractivity contribution in [3.63, 3.8) is 0 Å². The van der Waals surface area contributed by atoms with Crippen molar-refractivity contribution in [1.82, 2.24) is 0 Å². The van der Waals surface area contributed by atoms with Gasteiger partial charge in [-0.2, -0.15) is 0 Å². The van der Waals surface area contributed by atoms with Gasteiger partial charge in [0.1, 0.15) is 0 Å². The molecule has 3 nitrogen and oxygen atoms in total. The Morgan fingerprint density at radius 3 is 3.00 bits per heavy atom. The number of alkyl halides is 1. The molecule has 11 heavy (non-hydrogen) atoms. The maximum atomic E-state index is 10.5. The van der Waals surface area contributed by atoms with Crippen molar-refractivity contribution in [2.24, 2.45) is 0 Å². The summed E-state index contributed by atoms with van der Waals surface area (Å²) < 4.78 is 10.1. The molecule has 2 atom stereocenters. The molecule has 0 aliphatic carbocycles. The first-order valence-corrected chi connectivity index (χ1v) is 4.54. The third-order valence-corrected chi connectivity index (χ3v) is 2.37. The van der Waals surface area contributed by atoms with Crippen molar-refractivity contribution in [2.75, 3.05) is 6.61 Å². The summed E-state index contributed by atoms with van der Waals surface area (Å²) in [5.41, 5.74) is 0. The molecule has 1 saturated heterocycles. The van der Waals surface area contributed by atoms with E-state index in [9.17, 15) is 4.79 Å². The summed E-state index contributed by atoms with van der Waals surface area (Å²) in [4.78, 5) is 10.7. The van der Waals surface area contributed by atoms with E-state index >= 15 is 0 Å². The summed E-state index contributed by atoms with van der Waals surface area (Å²) in [5.74, 6) is -0.290. The Labute approximate surface area is 74.2 Å². The third-order valence-electron chi connectivity index (χ3n) is 1.48. The number of carbonyl (C=O) groups is 1. The second-order valence-corrected chi connectivity index (χ2v) is 3.68. The highest BCUT2D eigenvalue weighted by Crippen LogP contribution is 2.21. The lowest BCUT2D eigenvalue weighted by Crippen LogP contribution is -2.33. The van der Waals surface area contributed by atoms with E-state index in [1.165, 1.54) is 6.92 Å². The lowest BCUT2D eigenvalue weighted by Gasteiger charge is -2.26. The van der Waals surface area contributed by atoms with Crippen LogP contribution in [0.2, 0.25) is 0 Å². The molecule has 1 rings (SSSR count). The first kappa shape index (κ1) is 9.00. The highest BCUT2D eigenvalue weighted by atomic mass is 79.9. The quantitative estimate of drug-likeness (QED) is 0.498. The largest absolute Gasteiger partial charge is 0.435 e. The molecule has 0 aromatic rings. The van der Waals surface area contributed by atoms with E-state index < -0.39 is 0 Å². The maximum absolute atomic E-state index is 10.5. The lowest BCUT2D eigenvalue weighted by atomic mass is 10.2. The minimum absolute atomic E-state index is 0.153. The zero-order valence-electron chi connectivity index (χ0n) is 6.38. The monoisotopic (exact) mass is 222 g/mol. The maximum Gasteiger partial charge on any atom is 0.304 e. The summed E-state index contributed by atoms with van der Waals surface area (Å²) in [6.45, 7) is 2.07. The smallest absolute Gasteiger partial charge is 0.304 e. The van der Waals surface area contributed by atoms with Crippen molar-refractivity contribution in [3.8, 4) is 0 Å². The van der Waals surface area contributed by atoms with E-state index in [4.69, 9.17) is 9.47 Å². The fraction of sp³-hybridized carbons (Fsp3) is 0.857. The minimum Gasteiger partial charge on any atom is -0.435 e. The van der Waals surface area contributed by atoms with E-state index in [1.54, 1.807) is 0 Å². The van der Waals surface area contributed by atoms with E-state index in [-0.39, 0.29) is 17.1 Å². The van der Waals surface area contributed by atoms with Crippen LogP contribution in [0, 0.1) is 0 Å². The van der Waals surface area contributed by atoms with Gasteiger partial charge in [0.05, 0.1) is 11.4 Å². The number of rotatable bonds is 1. The average molecular weight is 223 g/mol. The molecule has 0 radical (unpaired) electrons. The lowest BCUT2D eigenvalue weighted by molar-refractivity contribution is -0.181. The summed E-state index contributed by atoms with van der Waals surface area (Å²) in [6, 6.07) is 0. The Hall–Kier alpha value is -0.0900. The fourth-order valence-corrected chi connectivity index (χ4v) is 1.57. The van der Waals surface area contributed by atoms with Crippen molar-refractivity contribution < 1.29 is 14.3 Å². The number of hydrogen-bond donors (Lipinski definition) is 0. The minimum atomic E-state index is -0.388. The summed E-state index contributed by atoms with van der Waals surface area (Å²) >= 11 is 3.38. The molecule has 1 aliphatic rings. The predicted molar refractivity (Wildman–Crippen MR) is 43.5 cm³/mol. The molecule has 0 saturated carbocycles. The highest BCUT2D eigenvalue weighted by molar-refractivity contribution is 9.09. The number of esters is 1. The molecule has 1 heterocycles. The second-order valence-electron chi connectivity index (χ2n) is 2.51. The Morgan fingerprint density at radius 2 is 2.45 bits per heavy atom. The molecule has 64 valence electrons. The van der Waals surface area contributed by atoms with Crippen molar-refractivity contribution in [1.29, 1.82) is 0 Å². The Kier molecular flexibility index (Phi) is 3.33. The molecule has 0 bridgehead atoms. The molecule has 0 aromatic heterocycles. The molecule has 0 N–H and O–H groups in total. The van der Waals surface area contributed by atoms with Crippen LogP contribution in [-0.4, -0.2) is 23.7 Å². The zero-order chi connectivity index (χ0) is 8.27. The molecule has 0 aromatic carbocycles. The van der Waals surface area contributed by atoms with Gasteiger partial charge in [-0.3, -0.25) is 4.79 Å². The van der Waals surface area contributed by atoms with E-state index in [0.717, 1.165) is 12.8 Å². The zero-order valence-corrected chi connectivity index (χ0v) is 7.96. The van der Waals surface area contributed by atoms with Crippen molar-refractivity contribution in [3.05, 3.63) is 0 Å². The van der Waals surface area contributed by atoms with Gasteiger partial charge in [-0.15, -0.1) is 0 Å². The summed E-state index contributed by atoms with van der Waals surface area (Å²) in [5, 5.41) is 0. The average Bonchev–Trinajstić information content (AvgIpc) is 1.93. The Bertz CT molecular complexity index is 149. The van der Waals surface area contributed by atoms with Crippen LogP contribution in [0.5, 0.6) is 0 Å². The molecule has 1 fully saturated rings. The molecular formula is C7H11BrO3. The standard InChI is InChI=1S/C7H11BrO3/c1-5(9)11-7-6(8)3-2-4-10-7/h6-7H,2-4H2,1H3/t6-,7+/m1/s1. The number of hydrogen-bond acceptors (Lipinski definition) is 3. The molecular weight excluding hydrogens is 212 g/mol. The van der Waals surface area contributed by atoms with Gasteiger partial charge in [0, 0.05) is 6.92 Å². The van der Waals surface area contributed by atoms with Crippen molar-refractivity contribution >= 4 is 21.9 Å². The van der Waals surface area contributed by atoms with Gasteiger partial charge in [-0.05, 0) is 12.8 Å². The van der Waals surface area contributed by atoms with Gasteiger partial charge in [0.25, 0.3) is 0 Å². The van der Waals surface area contributed by atoms with Gasteiger partial charge in [-0.1, -0.05) is 15.9 Å². The van der Waals surface area contributed by atoms with Crippen LogP contribution < -0.4 is 0 Å². The predicted octanol–water partition coefficient (Wildman–Crippen LogP) is 1.45. The van der Waals surface area contributed by atoms with Crippen LogP contribution in [0.4, 0.5) is 0 Å². The second kappa shape index (κ2) is 4.07. The summed E-state index contributed by atoms with van der Waals surface area (Å²) in [7, 11) is 0. The topological polar surface area (TPSA) is 35.5 Å². The van der Waals surface area contributed by atoms with Crippen LogP contribution in [0.3, 0.4) is 0 Å². The number of carbonyl (C=O) groups excluding carboxylic acids is 1. The molecule has 0 spiro atoms. The van der Waals surface area contributed by atoms with Crippen LogP contribution in [0.25, 0.3) is 0 Å². The van der Waals surface area contributed by atoms with Crippen LogP contribution in [0.15, 0.2) is 0 Å².